The molecule has 31 heavy (non-hydrogen) atoms. The van der Waals surface area contributed by atoms with Gasteiger partial charge in [0.05, 0.1) is 12.3 Å². The van der Waals surface area contributed by atoms with E-state index < -0.39 is 10.0 Å². The second kappa shape index (κ2) is 12.2. The van der Waals surface area contributed by atoms with Gasteiger partial charge < -0.3 is 19.5 Å². The number of aryl methyl sites for hydroxylation is 1. The molecule has 0 bridgehead atoms. The summed E-state index contributed by atoms with van der Waals surface area (Å²) >= 11 is 0. The molecule has 1 N–H and O–H groups in total. The van der Waals surface area contributed by atoms with Crippen LogP contribution in [0.25, 0.3) is 0 Å². The molecular formula is C20H30IN5O4S. The molecule has 11 heteroatoms. The summed E-state index contributed by atoms with van der Waals surface area (Å²) in [6, 6.07) is 9.53. The first-order valence-corrected chi connectivity index (χ1v) is 11.6. The number of sulfonamides is 1. The Morgan fingerprint density at radius 1 is 1.23 bits per heavy atom. The number of guanidine groups is 1. The van der Waals surface area contributed by atoms with Crippen LogP contribution in [0.2, 0.25) is 0 Å². The lowest BCUT2D eigenvalue weighted by Crippen LogP contribution is -2.54. The first-order valence-electron chi connectivity index (χ1n) is 10.0. The quantitative estimate of drug-likeness (QED) is 0.227. The van der Waals surface area contributed by atoms with Gasteiger partial charge in [0.1, 0.15) is 17.8 Å². The van der Waals surface area contributed by atoms with Crippen molar-refractivity contribution in [1.29, 1.82) is 0 Å². The second-order valence-corrected chi connectivity index (χ2v) is 9.04. The van der Waals surface area contributed by atoms with Gasteiger partial charge in [0, 0.05) is 45.8 Å². The lowest BCUT2D eigenvalue weighted by atomic mass is 10.2. The number of halogens is 1. The highest BCUT2D eigenvalue weighted by Crippen LogP contribution is 2.16. The molecule has 1 saturated heterocycles. The SMILES string of the molecule is CN=C(NCCCOc1ccccc1C)N1CCN(S(=O)(=O)Cc2ccon2)CC1.I. The maximum Gasteiger partial charge on any atom is 0.220 e. The molecule has 1 aliphatic rings. The van der Waals surface area contributed by atoms with Crippen LogP contribution >= 0.6 is 24.0 Å². The molecule has 0 amide bonds. The van der Waals surface area contributed by atoms with Crippen LogP contribution in [0.4, 0.5) is 0 Å². The molecule has 0 spiro atoms. The fraction of sp³-hybridized carbons (Fsp3) is 0.500. The van der Waals surface area contributed by atoms with Gasteiger partial charge in [-0.25, -0.2) is 8.42 Å². The molecule has 2 aromatic rings. The number of nitrogens with one attached hydrogen (secondary N) is 1. The third kappa shape index (κ3) is 7.35. The number of hydrogen-bond donors (Lipinski definition) is 1. The molecule has 0 radical (unpaired) electrons. The van der Waals surface area contributed by atoms with Crippen molar-refractivity contribution in [2.75, 3.05) is 46.4 Å². The fourth-order valence-electron chi connectivity index (χ4n) is 3.27. The van der Waals surface area contributed by atoms with Crippen molar-refractivity contribution in [2.24, 2.45) is 4.99 Å². The number of hydrogen-bond acceptors (Lipinski definition) is 6. The monoisotopic (exact) mass is 563 g/mol. The largest absolute Gasteiger partial charge is 0.493 e. The Bertz CT molecular complexity index is 929. The lowest BCUT2D eigenvalue weighted by Gasteiger charge is -2.35. The van der Waals surface area contributed by atoms with Crippen LogP contribution in [-0.4, -0.2) is 75.1 Å². The third-order valence-electron chi connectivity index (χ3n) is 4.92. The van der Waals surface area contributed by atoms with Gasteiger partial charge in [0.25, 0.3) is 0 Å². The van der Waals surface area contributed by atoms with Crippen LogP contribution in [0.3, 0.4) is 0 Å². The van der Waals surface area contributed by atoms with Crippen LogP contribution in [0, 0.1) is 6.92 Å². The van der Waals surface area contributed by atoms with Gasteiger partial charge in [-0.15, -0.1) is 24.0 Å². The van der Waals surface area contributed by atoms with Crippen molar-refractivity contribution in [2.45, 2.75) is 19.1 Å². The molecule has 9 nitrogen and oxygen atoms in total. The van der Waals surface area contributed by atoms with E-state index in [0.29, 0.717) is 38.5 Å². The Kier molecular flexibility index (Phi) is 10.0. The van der Waals surface area contributed by atoms with Crippen molar-refractivity contribution in [3.63, 3.8) is 0 Å². The minimum Gasteiger partial charge on any atom is -0.493 e. The first kappa shape index (κ1) is 25.4. The zero-order valence-electron chi connectivity index (χ0n) is 17.9. The maximum absolute atomic E-state index is 12.5. The van der Waals surface area contributed by atoms with E-state index in [0.717, 1.165) is 30.2 Å². The van der Waals surface area contributed by atoms with E-state index in [1.165, 1.54) is 10.6 Å². The smallest absolute Gasteiger partial charge is 0.220 e. The normalized spacial score (nSPS) is 15.4. The molecule has 1 aromatic carbocycles. The Morgan fingerprint density at radius 2 is 1.97 bits per heavy atom. The molecule has 0 atom stereocenters. The van der Waals surface area contributed by atoms with Gasteiger partial charge >= 0.3 is 0 Å². The molecule has 0 saturated carbocycles. The maximum atomic E-state index is 12.5. The number of rotatable bonds is 8. The van der Waals surface area contributed by atoms with Crippen molar-refractivity contribution in [1.82, 2.24) is 19.7 Å². The standard InChI is InChI=1S/C20H29N5O4S.HI/c1-17-6-3-4-7-19(17)28-14-5-9-22-20(21-2)24-10-12-25(13-11-24)30(26,27)16-18-8-15-29-23-18;/h3-4,6-8,15H,5,9-14,16H2,1-2H3,(H,21,22);1H. The van der Waals surface area contributed by atoms with Gasteiger partial charge in [-0.3, -0.25) is 4.99 Å². The summed E-state index contributed by atoms with van der Waals surface area (Å²) in [5, 5.41) is 7.03. The summed E-state index contributed by atoms with van der Waals surface area (Å²) in [5.74, 6) is 1.54. The molecule has 2 heterocycles. The molecule has 1 aromatic heterocycles. The minimum absolute atomic E-state index is 0. The summed E-state index contributed by atoms with van der Waals surface area (Å²) in [5.41, 5.74) is 1.54. The number of aromatic nitrogens is 1. The van der Waals surface area contributed by atoms with Crippen LogP contribution in [0.5, 0.6) is 5.75 Å². The van der Waals surface area contributed by atoms with Gasteiger partial charge in [-0.1, -0.05) is 23.4 Å². The minimum atomic E-state index is -3.41. The fourth-order valence-corrected chi connectivity index (χ4v) is 4.70. The van der Waals surface area contributed by atoms with Gasteiger partial charge in [-0.05, 0) is 25.0 Å². The Balaban J connectivity index is 0.00000341. The highest BCUT2D eigenvalue weighted by molar-refractivity contribution is 14.0. The summed E-state index contributed by atoms with van der Waals surface area (Å²) < 4.78 is 37.1. The predicted molar refractivity (Wildman–Crippen MR) is 130 cm³/mol. The third-order valence-corrected chi connectivity index (χ3v) is 6.73. The van der Waals surface area contributed by atoms with E-state index >= 15 is 0 Å². The highest BCUT2D eigenvalue weighted by Gasteiger charge is 2.28. The summed E-state index contributed by atoms with van der Waals surface area (Å²) in [7, 11) is -1.67. The average molecular weight is 563 g/mol. The molecular weight excluding hydrogens is 533 g/mol. The number of benzene rings is 1. The summed E-state index contributed by atoms with van der Waals surface area (Å²) in [4.78, 5) is 6.40. The average Bonchev–Trinajstić information content (AvgIpc) is 3.24. The van der Waals surface area contributed by atoms with Crippen LogP contribution < -0.4 is 10.1 Å². The predicted octanol–water partition coefficient (Wildman–Crippen LogP) is 2.09. The molecule has 1 aliphatic heterocycles. The highest BCUT2D eigenvalue weighted by atomic mass is 127. The van der Waals surface area contributed by atoms with Crippen molar-refractivity contribution >= 4 is 40.0 Å². The van der Waals surface area contributed by atoms with Crippen molar-refractivity contribution in [3.8, 4) is 5.75 Å². The molecule has 3 rings (SSSR count). The van der Waals surface area contributed by atoms with E-state index in [2.05, 4.69) is 20.4 Å². The Labute approximate surface area is 200 Å². The topological polar surface area (TPSA) is 100 Å². The van der Waals surface area contributed by atoms with E-state index in [9.17, 15) is 8.42 Å². The van der Waals surface area contributed by atoms with E-state index in [-0.39, 0.29) is 29.7 Å². The molecule has 1 fully saturated rings. The zero-order valence-corrected chi connectivity index (χ0v) is 21.0. The van der Waals surface area contributed by atoms with Crippen molar-refractivity contribution < 1.29 is 17.7 Å². The Hall–Kier alpha value is -1.86. The lowest BCUT2D eigenvalue weighted by molar-refractivity contribution is 0.258. The van der Waals surface area contributed by atoms with Gasteiger partial charge in [0.15, 0.2) is 5.96 Å². The van der Waals surface area contributed by atoms with E-state index in [1.54, 1.807) is 13.1 Å². The van der Waals surface area contributed by atoms with E-state index in [1.807, 2.05) is 31.2 Å². The number of aliphatic imine (C=N–C) groups is 1. The first-order chi connectivity index (χ1) is 14.5. The molecule has 0 unspecified atom stereocenters. The van der Waals surface area contributed by atoms with Crippen LogP contribution in [-0.2, 0) is 15.8 Å². The Morgan fingerprint density at radius 3 is 2.61 bits per heavy atom. The summed E-state index contributed by atoms with van der Waals surface area (Å²) in [6.45, 7) is 5.36. The number of ether oxygens (including phenoxy) is 1. The van der Waals surface area contributed by atoms with Gasteiger partial charge in [-0.2, -0.15) is 4.31 Å². The van der Waals surface area contributed by atoms with Gasteiger partial charge in [0.2, 0.25) is 10.0 Å². The van der Waals surface area contributed by atoms with Crippen molar-refractivity contribution in [3.05, 3.63) is 47.9 Å². The molecule has 0 aliphatic carbocycles. The zero-order chi connectivity index (χ0) is 21.4. The van der Waals surface area contributed by atoms with Crippen LogP contribution in [0.15, 0.2) is 46.1 Å². The van der Waals surface area contributed by atoms with E-state index in [4.69, 9.17) is 9.26 Å². The summed E-state index contributed by atoms with van der Waals surface area (Å²) in [6.07, 6.45) is 2.21. The second-order valence-electron chi connectivity index (χ2n) is 7.07. The number of para-hydroxylation sites is 1. The number of nitrogens with zero attached hydrogens (tertiary/aromatic N) is 4. The number of piperazine rings is 1. The molecule has 172 valence electrons. The van der Waals surface area contributed by atoms with Crippen LogP contribution in [0.1, 0.15) is 17.7 Å².